The molecule has 23 heavy (non-hydrogen) atoms. The molecule has 0 aliphatic carbocycles. The van der Waals surface area contributed by atoms with Crippen LogP contribution in [0.4, 0.5) is 0 Å². The molecule has 0 saturated heterocycles. The lowest BCUT2D eigenvalue weighted by molar-refractivity contribution is -0.588. The minimum atomic E-state index is 0.264. The molecule has 0 aliphatic heterocycles. The molecule has 0 radical (unpaired) electrons. The molecule has 0 bridgehead atoms. The molecule has 0 amide bonds. The summed E-state index contributed by atoms with van der Waals surface area (Å²) >= 11 is 0. The van der Waals surface area contributed by atoms with E-state index in [9.17, 15) is 5.11 Å². The Bertz CT molecular complexity index is 946. The van der Waals surface area contributed by atoms with Gasteiger partial charge in [-0.2, -0.15) is 0 Å². The number of hydrogen-bond acceptors (Lipinski definition) is 3. The van der Waals surface area contributed by atoms with Gasteiger partial charge >= 0.3 is 5.65 Å². The number of hydrogen-bond donors (Lipinski definition) is 2. The third-order valence-corrected chi connectivity index (χ3v) is 3.75. The molecule has 2 heterocycles. The van der Waals surface area contributed by atoms with Gasteiger partial charge in [-0.3, -0.25) is 0 Å². The van der Waals surface area contributed by atoms with E-state index in [-0.39, 0.29) is 5.75 Å². The third kappa shape index (κ3) is 2.64. The molecule has 0 atom stereocenters. The maximum absolute atomic E-state index is 9.38. The van der Waals surface area contributed by atoms with Crippen LogP contribution in [0.2, 0.25) is 0 Å². The summed E-state index contributed by atoms with van der Waals surface area (Å²) in [6.07, 6.45) is 0.659. The Morgan fingerprint density at radius 1 is 0.913 bits per heavy atom. The van der Waals surface area contributed by atoms with E-state index >= 15 is 0 Å². The molecule has 5 nitrogen and oxygen atoms in total. The average molecular weight is 303 g/mol. The fourth-order valence-electron chi connectivity index (χ4n) is 2.55. The predicted octanol–water partition coefficient (Wildman–Crippen LogP) is 2.51. The molecule has 0 unspecified atom stereocenters. The summed E-state index contributed by atoms with van der Waals surface area (Å²) in [5.41, 5.74) is 3.82. The van der Waals surface area contributed by atoms with Gasteiger partial charge in [-0.1, -0.05) is 42.5 Å². The Hall–Kier alpha value is -3.21. The van der Waals surface area contributed by atoms with Crippen LogP contribution >= 0.6 is 0 Å². The number of aromatic nitrogens is 4. The summed E-state index contributed by atoms with van der Waals surface area (Å²) in [6.45, 7) is 0. The highest BCUT2D eigenvalue weighted by atomic mass is 16.3. The van der Waals surface area contributed by atoms with Gasteiger partial charge in [0, 0.05) is 16.7 Å². The molecule has 112 valence electrons. The largest absolute Gasteiger partial charge is 0.508 e. The van der Waals surface area contributed by atoms with Crippen LogP contribution < -0.4 is 4.52 Å². The summed E-state index contributed by atoms with van der Waals surface area (Å²) in [5, 5.41) is 21.4. The fraction of sp³-hybridized carbons (Fsp3) is 0.0556. The van der Waals surface area contributed by atoms with E-state index in [0.717, 1.165) is 28.3 Å². The SMILES string of the molecule is Oc1ccc(Cc2[nH]nc3ccc(-c4ccccc4)n[n+]23)cc1. The first-order valence-corrected chi connectivity index (χ1v) is 7.39. The molecule has 0 fully saturated rings. The lowest BCUT2D eigenvalue weighted by atomic mass is 10.1. The molecule has 2 N–H and O–H groups in total. The second-order valence-corrected chi connectivity index (χ2v) is 5.37. The highest BCUT2D eigenvalue weighted by molar-refractivity contribution is 5.58. The van der Waals surface area contributed by atoms with Gasteiger partial charge in [-0.15, -0.1) is 14.7 Å². The normalized spacial score (nSPS) is 11.0. The number of fused-ring (bicyclic) bond motifs is 1. The summed E-state index contributed by atoms with van der Waals surface area (Å²) in [6, 6.07) is 21.1. The van der Waals surface area contributed by atoms with E-state index in [2.05, 4.69) is 10.2 Å². The fourth-order valence-corrected chi connectivity index (χ4v) is 2.55. The van der Waals surface area contributed by atoms with Crippen LogP contribution in [-0.2, 0) is 6.42 Å². The van der Waals surface area contributed by atoms with Crippen LogP contribution in [0.15, 0.2) is 66.7 Å². The van der Waals surface area contributed by atoms with Crippen LogP contribution in [-0.4, -0.2) is 20.4 Å². The van der Waals surface area contributed by atoms with Crippen LogP contribution in [0.5, 0.6) is 5.75 Å². The average Bonchev–Trinajstić information content (AvgIpc) is 3.00. The van der Waals surface area contributed by atoms with Crippen LogP contribution in [0.25, 0.3) is 16.9 Å². The number of nitrogens with zero attached hydrogens (tertiary/aromatic N) is 3. The van der Waals surface area contributed by atoms with E-state index in [4.69, 9.17) is 5.10 Å². The van der Waals surface area contributed by atoms with Crippen molar-refractivity contribution in [1.82, 2.24) is 15.3 Å². The molecule has 0 spiro atoms. The Balaban J connectivity index is 1.74. The zero-order valence-electron chi connectivity index (χ0n) is 12.3. The van der Waals surface area contributed by atoms with E-state index in [1.165, 1.54) is 0 Å². The van der Waals surface area contributed by atoms with Crippen molar-refractivity contribution < 1.29 is 9.62 Å². The van der Waals surface area contributed by atoms with Gasteiger partial charge in [-0.25, -0.2) is 0 Å². The molecular weight excluding hydrogens is 288 g/mol. The van der Waals surface area contributed by atoms with E-state index in [0.29, 0.717) is 6.42 Å². The highest BCUT2D eigenvalue weighted by Gasteiger charge is 2.16. The van der Waals surface area contributed by atoms with Crippen molar-refractivity contribution in [2.24, 2.45) is 0 Å². The van der Waals surface area contributed by atoms with Crippen molar-refractivity contribution in [2.75, 3.05) is 0 Å². The maximum atomic E-state index is 9.38. The minimum absolute atomic E-state index is 0.264. The zero-order chi connectivity index (χ0) is 15.6. The number of phenolic OH excluding ortho intramolecular Hbond substituents is 1. The molecule has 2 aromatic heterocycles. The summed E-state index contributed by atoms with van der Waals surface area (Å²) < 4.78 is 1.83. The molecule has 4 aromatic rings. The van der Waals surface area contributed by atoms with Crippen molar-refractivity contribution in [3.05, 3.63) is 78.1 Å². The molecule has 4 rings (SSSR count). The Kier molecular flexibility index (Phi) is 3.24. The summed E-state index contributed by atoms with van der Waals surface area (Å²) in [5.74, 6) is 1.16. The van der Waals surface area contributed by atoms with E-state index in [1.807, 2.05) is 59.1 Å². The van der Waals surface area contributed by atoms with Crippen molar-refractivity contribution in [2.45, 2.75) is 6.42 Å². The molecule has 0 saturated carbocycles. The second kappa shape index (κ2) is 5.53. The predicted molar refractivity (Wildman–Crippen MR) is 85.9 cm³/mol. The van der Waals surface area contributed by atoms with Gasteiger partial charge in [0.1, 0.15) is 11.4 Å². The number of nitrogens with one attached hydrogen (secondary N) is 1. The van der Waals surface area contributed by atoms with E-state index < -0.39 is 0 Å². The number of aromatic amines is 1. The van der Waals surface area contributed by atoms with E-state index in [1.54, 1.807) is 12.1 Å². The lowest BCUT2D eigenvalue weighted by Gasteiger charge is -2.00. The maximum Gasteiger partial charge on any atom is 0.325 e. The van der Waals surface area contributed by atoms with Crippen molar-refractivity contribution in [3.63, 3.8) is 0 Å². The Labute approximate surface area is 132 Å². The van der Waals surface area contributed by atoms with Gasteiger partial charge < -0.3 is 5.11 Å². The third-order valence-electron chi connectivity index (χ3n) is 3.75. The van der Waals surface area contributed by atoms with Gasteiger partial charge in [0.25, 0.3) is 5.82 Å². The first-order chi connectivity index (χ1) is 11.3. The first-order valence-electron chi connectivity index (χ1n) is 7.39. The van der Waals surface area contributed by atoms with Crippen molar-refractivity contribution in [3.8, 4) is 17.0 Å². The highest BCUT2D eigenvalue weighted by Crippen LogP contribution is 2.15. The van der Waals surface area contributed by atoms with Gasteiger partial charge in [0.05, 0.1) is 6.42 Å². The zero-order valence-corrected chi connectivity index (χ0v) is 12.3. The number of aromatic hydroxyl groups is 1. The van der Waals surface area contributed by atoms with Crippen molar-refractivity contribution >= 4 is 5.65 Å². The summed E-state index contributed by atoms with van der Waals surface area (Å²) in [4.78, 5) is 0. The number of phenols is 1. The first kappa shape index (κ1) is 13.5. The standard InChI is InChI=1S/C18H14N4O/c23-15-8-6-13(7-9-15)12-18-20-19-17-11-10-16(21-22(17)18)14-4-2-1-3-5-14/h1-11,23H,12H2/p+1. The lowest BCUT2D eigenvalue weighted by Crippen LogP contribution is -2.30. The quantitative estimate of drug-likeness (QED) is 0.572. The van der Waals surface area contributed by atoms with Crippen LogP contribution in [0.3, 0.4) is 0 Å². The number of benzene rings is 2. The number of H-pyrrole nitrogens is 1. The molecule has 0 aliphatic rings. The Morgan fingerprint density at radius 3 is 2.48 bits per heavy atom. The molecule has 5 heteroatoms. The van der Waals surface area contributed by atoms with Gasteiger partial charge in [-0.05, 0) is 23.8 Å². The number of rotatable bonds is 3. The van der Waals surface area contributed by atoms with Crippen LogP contribution in [0.1, 0.15) is 11.4 Å². The Morgan fingerprint density at radius 2 is 1.70 bits per heavy atom. The van der Waals surface area contributed by atoms with Crippen LogP contribution in [0, 0.1) is 0 Å². The topological polar surface area (TPSA) is 65.9 Å². The van der Waals surface area contributed by atoms with Gasteiger partial charge in [0.2, 0.25) is 0 Å². The minimum Gasteiger partial charge on any atom is -0.508 e. The summed E-state index contributed by atoms with van der Waals surface area (Å²) in [7, 11) is 0. The smallest absolute Gasteiger partial charge is 0.325 e. The molecular formula is C18H15N4O+. The molecule has 2 aromatic carbocycles. The van der Waals surface area contributed by atoms with Gasteiger partial charge in [0.15, 0.2) is 0 Å². The second-order valence-electron chi connectivity index (χ2n) is 5.37. The van der Waals surface area contributed by atoms with Crippen molar-refractivity contribution in [1.29, 1.82) is 0 Å². The monoisotopic (exact) mass is 303 g/mol.